The molecule has 0 bridgehead atoms. The molecular formula is CoCuSZn. The molecule has 0 rings (SSSR count). The summed E-state index contributed by atoms with van der Waals surface area (Å²) in [6.07, 6.45) is 0. The van der Waals surface area contributed by atoms with Crippen molar-refractivity contribution in [3.8, 4) is 0 Å². The molecule has 0 saturated heterocycles. The van der Waals surface area contributed by atoms with Gasteiger partial charge in [-0.1, -0.05) is 0 Å². The minimum absolute atomic E-state index is 0. The SMILES string of the molecule is [Co].[S]=[Cu].[Zn]. The molecule has 0 spiro atoms. The molecule has 0 fully saturated rings. The molecule has 0 heterocycles. The van der Waals surface area contributed by atoms with Crippen LogP contribution in [-0.4, -0.2) is 0 Å². The average Bonchev–Trinajstić information content (AvgIpc) is 1.00. The Morgan fingerprint density at radius 3 is 1.25 bits per heavy atom. The fourth-order valence-corrected chi connectivity index (χ4v) is 0. The van der Waals surface area contributed by atoms with Crippen LogP contribution in [0.5, 0.6) is 0 Å². The maximum absolute atomic E-state index is 3.77. The van der Waals surface area contributed by atoms with E-state index in [0.29, 0.717) is 0 Å². The summed E-state index contributed by atoms with van der Waals surface area (Å²) >= 11 is 3.77. The molecular weight excluding hydrogens is 220 g/mol. The predicted molar refractivity (Wildman–Crippen MR) is 7.59 cm³/mol. The van der Waals surface area contributed by atoms with Gasteiger partial charge in [-0.15, -0.1) is 0 Å². The van der Waals surface area contributed by atoms with Gasteiger partial charge in [0.25, 0.3) is 0 Å². The van der Waals surface area contributed by atoms with Crippen LogP contribution >= 0.6 is 10.6 Å². The van der Waals surface area contributed by atoms with E-state index in [1.54, 1.807) is 0 Å². The summed E-state index contributed by atoms with van der Waals surface area (Å²) < 4.78 is 0. The number of rotatable bonds is 0. The van der Waals surface area contributed by atoms with Gasteiger partial charge >= 0.3 is 24.9 Å². The second kappa shape index (κ2) is 20.9. The summed E-state index contributed by atoms with van der Waals surface area (Å²) in [6.45, 7) is 0. The van der Waals surface area contributed by atoms with Crippen LogP contribution in [-0.2, 0) is 50.6 Å². The monoisotopic (exact) mass is 218 g/mol. The normalized spacial score (nSPS) is 1.50. The van der Waals surface area contributed by atoms with Gasteiger partial charge in [0.2, 0.25) is 0 Å². The summed E-state index contributed by atoms with van der Waals surface area (Å²) in [5, 5.41) is 0. The van der Waals surface area contributed by atoms with Gasteiger partial charge in [-0.2, -0.15) is 0 Å². The van der Waals surface area contributed by atoms with Gasteiger partial charge in [-0.05, 0) is 0 Å². The summed E-state index contributed by atoms with van der Waals surface area (Å²) in [5.74, 6) is 0. The summed E-state index contributed by atoms with van der Waals surface area (Å²) in [7, 11) is 3.65. The van der Waals surface area contributed by atoms with Crippen LogP contribution in [0.3, 0.4) is 0 Å². The van der Waals surface area contributed by atoms with Crippen LogP contribution in [0.1, 0.15) is 0 Å². The standard InChI is InChI=1S/Co.Cu.S.Zn. The third kappa shape index (κ3) is 9.12. The van der Waals surface area contributed by atoms with E-state index < -0.39 is 0 Å². The van der Waals surface area contributed by atoms with Crippen molar-refractivity contribution in [3.05, 3.63) is 0 Å². The van der Waals surface area contributed by atoms with E-state index in [4.69, 9.17) is 0 Å². The maximum atomic E-state index is 3.77. The maximum Gasteiger partial charge on any atom is 0 e. The fourth-order valence-electron chi connectivity index (χ4n) is 0. The third-order valence-corrected chi connectivity index (χ3v) is 0. The van der Waals surface area contributed by atoms with Crippen molar-refractivity contribution < 1.29 is 50.6 Å². The van der Waals surface area contributed by atoms with Crippen LogP contribution in [0.15, 0.2) is 0 Å². The largest absolute Gasteiger partial charge is 0 e. The van der Waals surface area contributed by atoms with Crippen molar-refractivity contribution in [3.63, 3.8) is 0 Å². The summed E-state index contributed by atoms with van der Waals surface area (Å²) in [6, 6.07) is 0. The molecule has 4 heavy (non-hydrogen) atoms. The van der Waals surface area contributed by atoms with Crippen molar-refractivity contribution in [1.82, 2.24) is 0 Å². The molecule has 4 heteroatoms. The zero-order valence-electron chi connectivity index (χ0n) is 1.75. The topological polar surface area (TPSA) is 0 Å². The van der Waals surface area contributed by atoms with Gasteiger partial charge in [-0.25, -0.2) is 0 Å². The number of hydrogen-bond acceptors (Lipinski definition) is 1. The summed E-state index contributed by atoms with van der Waals surface area (Å²) in [4.78, 5) is 0. The van der Waals surface area contributed by atoms with Gasteiger partial charge in [0.15, 0.2) is 0 Å². The average molecular weight is 220 g/mol. The van der Waals surface area contributed by atoms with Gasteiger partial charge in [0.05, 0.1) is 0 Å². The Morgan fingerprint density at radius 1 is 1.25 bits per heavy atom. The van der Waals surface area contributed by atoms with Crippen LogP contribution in [0.25, 0.3) is 0 Å². The molecule has 1 radical (unpaired) electrons. The molecule has 0 N–H and O–H groups in total. The van der Waals surface area contributed by atoms with Crippen LogP contribution in [0.2, 0.25) is 0 Å². The first-order valence-electron chi connectivity index (χ1n) is 0.123. The Labute approximate surface area is 60.7 Å². The Bertz CT molecular complexity index is 8.00. The van der Waals surface area contributed by atoms with Gasteiger partial charge < -0.3 is 0 Å². The zero-order valence-corrected chi connectivity index (χ0v) is 7.52. The first kappa shape index (κ1) is 16.9. The smallest absolute Gasteiger partial charge is 0 e. The van der Waals surface area contributed by atoms with E-state index in [-0.39, 0.29) is 36.3 Å². The summed E-state index contributed by atoms with van der Waals surface area (Å²) in [5.41, 5.74) is 0. The molecule has 0 saturated carbocycles. The van der Waals surface area contributed by atoms with Crippen molar-refractivity contribution in [1.29, 1.82) is 0 Å². The van der Waals surface area contributed by atoms with E-state index >= 15 is 0 Å². The van der Waals surface area contributed by atoms with Crippen LogP contribution in [0, 0.1) is 0 Å². The van der Waals surface area contributed by atoms with E-state index in [2.05, 4.69) is 24.9 Å². The molecule has 0 atom stereocenters. The fraction of sp³-hybridized carbons (Fsp3) is 0. The van der Waals surface area contributed by atoms with Crippen molar-refractivity contribution in [2.24, 2.45) is 0 Å². The minimum Gasteiger partial charge on any atom is 0 e. The van der Waals surface area contributed by atoms with Crippen LogP contribution < -0.4 is 0 Å². The molecule has 0 aromatic carbocycles. The minimum atomic E-state index is 0. The first-order chi connectivity index (χ1) is 1.00. The Morgan fingerprint density at radius 2 is 1.25 bits per heavy atom. The Kier molecular flexibility index (Phi) is 88.2. The van der Waals surface area contributed by atoms with Crippen LogP contribution in [0.4, 0.5) is 0 Å². The van der Waals surface area contributed by atoms with Crippen molar-refractivity contribution in [2.45, 2.75) is 0 Å². The molecule has 0 unspecified atom stereocenters. The number of hydrogen-bond donors (Lipinski definition) is 0. The molecule has 28 valence electrons. The van der Waals surface area contributed by atoms with Gasteiger partial charge in [0.1, 0.15) is 0 Å². The van der Waals surface area contributed by atoms with E-state index in [1.165, 1.54) is 0 Å². The Hall–Kier alpha value is 1.87. The van der Waals surface area contributed by atoms with Crippen molar-refractivity contribution in [2.75, 3.05) is 0 Å². The quantitative estimate of drug-likeness (QED) is 0.540. The molecule has 0 amide bonds. The molecule has 0 aliphatic carbocycles. The third-order valence-electron chi connectivity index (χ3n) is 0. The predicted octanol–water partition coefficient (Wildman–Crippen LogP) is 0.641. The molecule has 0 aromatic heterocycles. The Balaban J connectivity index is -0.00000000500. The molecule has 0 nitrogen and oxygen atoms in total. The first-order valence-corrected chi connectivity index (χ1v) is 1.52. The zero-order chi connectivity index (χ0) is 2.00. The van der Waals surface area contributed by atoms with Crippen molar-refractivity contribution >= 4 is 10.6 Å². The molecule has 0 aromatic rings. The van der Waals surface area contributed by atoms with E-state index in [9.17, 15) is 0 Å². The molecule has 0 aliphatic heterocycles. The van der Waals surface area contributed by atoms with Gasteiger partial charge in [0, 0.05) is 36.3 Å². The van der Waals surface area contributed by atoms with E-state index in [1.807, 2.05) is 0 Å². The van der Waals surface area contributed by atoms with E-state index in [0.717, 1.165) is 0 Å². The van der Waals surface area contributed by atoms with Gasteiger partial charge in [-0.3, -0.25) is 0 Å². The second-order valence-corrected chi connectivity index (χ2v) is 0. The second-order valence-electron chi connectivity index (χ2n) is 0. The molecule has 0 aliphatic rings.